The van der Waals surface area contributed by atoms with Crippen molar-refractivity contribution in [2.24, 2.45) is 0 Å². The number of carbonyl (C=O) groups is 1. The van der Waals surface area contributed by atoms with Crippen LogP contribution >= 0.6 is 0 Å². The highest BCUT2D eigenvalue weighted by Gasteiger charge is 2.34. The van der Waals surface area contributed by atoms with Crippen molar-refractivity contribution >= 4 is 5.97 Å². The molecule has 1 rings (SSSR count). The summed E-state index contributed by atoms with van der Waals surface area (Å²) in [5.74, 6) is 0.283. The number of aliphatic hydroxyl groups excluding tert-OH is 1. The molecule has 0 fully saturated rings. The molecule has 0 aromatic heterocycles. The molecular weight excluding hydrogens is 258 g/mol. The number of rotatable bonds is 8. The molecule has 5 nitrogen and oxygen atoms in total. The molecule has 0 saturated carbocycles. The molecule has 0 bridgehead atoms. The van der Waals surface area contributed by atoms with Crippen LogP contribution in [-0.2, 0) is 16.1 Å². The molecular formula is C15H23NO4. The van der Waals surface area contributed by atoms with Crippen molar-refractivity contribution in [1.29, 1.82) is 0 Å². The molecule has 112 valence electrons. The lowest BCUT2D eigenvalue weighted by Gasteiger charge is -2.28. The minimum atomic E-state index is -0.889. The van der Waals surface area contributed by atoms with Gasteiger partial charge in [-0.05, 0) is 38.1 Å². The van der Waals surface area contributed by atoms with Crippen molar-refractivity contribution in [3.05, 3.63) is 29.8 Å². The molecule has 1 aromatic rings. The molecule has 20 heavy (non-hydrogen) atoms. The second-order valence-corrected chi connectivity index (χ2v) is 4.68. The van der Waals surface area contributed by atoms with Crippen molar-refractivity contribution in [3.63, 3.8) is 0 Å². The number of hydrogen-bond donors (Lipinski definition) is 2. The highest BCUT2D eigenvalue weighted by atomic mass is 16.5. The highest BCUT2D eigenvalue weighted by molar-refractivity contribution is 5.80. The standard InChI is InChI=1S/C15H23NO4/c1-4-16-15(3,14(18)19-5-2)11-20-13-8-6-7-12(9-13)10-17/h6-9,16-17H,4-5,10-11H2,1-3H3. The van der Waals surface area contributed by atoms with Crippen LogP contribution in [0.15, 0.2) is 24.3 Å². The summed E-state index contributed by atoms with van der Waals surface area (Å²) >= 11 is 0. The van der Waals surface area contributed by atoms with Crippen molar-refractivity contribution in [1.82, 2.24) is 5.32 Å². The first-order valence-corrected chi connectivity index (χ1v) is 6.80. The monoisotopic (exact) mass is 281 g/mol. The zero-order valence-corrected chi connectivity index (χ0v) is 12.3. The summed E-state index contributed by atoms with van der Waals surface area (Å²) in [6.45, 7) is 6.54. The molecule has 5 heteroatoms. The van der Waals surface area contributed by atoms with Gasteiger partial charge in [-0.2, -0.15) is 0 Å². The van der Waals surface area contributed by atoms with Gasteiger partial charge in [-0.15, -0.1) is 0 Å². The highest BCUT2D eigenvalue weighted by Crippen LogP contribution is 2.16. The quantitative estimate of drug-likeness (QED) is 0.707. The van der Waals surface area contributed by atoms with Gasteiger partial charge in [-0.1, -0.05) is 19.1 Å². The molecule has 2 N–H and O–H groups in total. The van der Waals surface area contributed by atoms with Crippen molar-refractivity contribution in [3.8, 4) is 5.75 Å². The van der Waals surface area contributed by atoms with Gasteiger partial charge >= 0.3 is 5.97 Å². The Balaban J connectivity index is 2.72. The fourth-order valence-corrected chi connectivity index (χ4v) is 1.82. The third-order valence-electron chi connectivity index (χ3n) is 2.90. The number of likely N-dealkylation sites (N-methyl/N-ethyl adjacent to an activating group) is 1. The maximum Gasteiger partial charge on any atom is 0.329 e. The van der Waals surface area contributed by atoms with Gasteiger partial charge in [-0.3, -0.25) is 5.32 Å². The molecule has 1 aromatic carbocycles. The Hall–Kier alpha value is -1.59. The van der Waals surface area contributed by atoms with Gasteiger partial charge in [-0.25, -0.2) is 4.79 Å². The Labute approximate surface area is 119 Å². The van der Waals surface area contributed by atoms with Gasteiger partial charge < -0.3 is 14.6 Å². The van der Waals surface area contributed by atoms with E-state index in [9.17, 15) is 4.79 Å². The first-order chi connectivity index (χ1) is 9.55. The second kappa shape index (κ2) is 7.87. The van der Waals surface area contributed by atoms with Gasteiger partial charge in [0.25, 0.3) is 0 Å². The normalized spacial score (nSPS) is 13.6. The van der Waals surface area contributed by atoms with E-state index in [0.717, 1.165) is 5.56 Å². The molecule has 0 heterocycles. The molecule has 0 aliphatic heterocycles. The molecule has 0 spiro atoms. The molecule has 0 aliphatic rings. The number of nitrogens with one attached hydrogen (secondary N) is 1. The van der Waals surface area contributed by atoms with Crippen LogP contribution < -0.4 is 10.1 Å². The zero-order chi connectivity index (χ0) is 15.0. The fourth-order valence-electron chi connectivity index (χ4n) is 1.82. The predicted octanol–water partition coefficient (Wildman–Crippen LogP) is 1.49. The fraction of sp³-hybridized carbons (Fsp3) is 0.533. The third kappa shape index (κ3) is 4.51. The summed E-state index contributed by atoms with van der Waals surface area (Å²) in [6, 6.07) is 7.14. The number of hydrogen-bond acceptors (Lipinski definition) is 5. The van der Waals surface area contributed by atoms with Gasteiger partial charge in [0.15, 0.2) is 0 Å². The first-order valence-electron chi connectivity index (χ1n) is 6.80. The summed E-state index contributed by atoms with van der Waals surface area (Å²) in [5.41, 5.74) is -0.122. The predicted molar refractivity (Wildman–Crippen MR) is 76.6 cm³/mol. The van der Waals surface area contributed by atoms with E-state index in [0.29, 0.717) is 18.9 Å². The van der Waals surface area contributed by atoms with Crippen LogP contribution in [0.3, 0.4) is 0 Å². The van der Waals surface area contributed by atoms with E-state index in [-0.39, 0.29) is 19.2 Å². The molecule has 0 radical (unpaired) electrons. The number of esters is 1. The summed E-state index contributed by atoms with van der Waals surface area (Å²) in [4.78, 5) is 12.0. The number of benzene rings is 1. The van der Waals surface area contributed by atoms with E-state index in [4.69, 9.17) is 14.6 Å². The van der Waals surface area contributed by atoms with E-state index in [1.165, 1.54) is 0 Å². The lowest BCUT2D eigenvalue weighted by Crippen LogP contribution is -2.54. The molecule has 0 aliphatic carbocycles. The minimum absolute atomic E-state index is 0.0421. The van der Waals surface area contributed by atoms with Crippen LogP contribution in [0.2, 0.25) is 0 Å². The zero-order valence-electron chi connectivity index (χ0n) is 12.3. The Morgan fingerprint density at radius 3 is 2.75 bits per heavy atom. The first kappa shape index (κ1) is 16.5. The van der Waals surface area contributed by atoms with Crippen LogP contribution in [-0.4, -0.2) is 36.4 Å². The number of aliphatic hydroxyl groups is 1. The largest absolute Gasteiger partial charge is 0.491 e. The SMILES string of the molecule is CCNC(C)(COc1cccc(CO)c1)C(=O)OCC. The number of ether oxygens (including phenoxy) is 2. The van der Waals surface area contributed by atoms with Crippen LogP contribution in [0, 0.1) is 0 Å². The summed E-state index contributed by atoms with van der Waals surface area (Å²) in [5, 5.41) is 12.2. The average Bonchev–Trinajstić information content (AvgIpc) is 2.46. The Kier molecular flexibility index (Phi) is 6.48. The number of carbonyl (C=O) groups excluding carboxylic acids is 1. The minimum Gasteiger partial charge on any atom is -0.491 e. The maximum absolute atomic E-state index is 12.0. The van der Waals surface area contributed by atoms with Crippen LogP contribution in [0.1, 0.15) is 26.3 Å². The summed E-state index contributed by atoms with van der Waals surface area (Å²) < 4.78 is 10.7. The van der Waals surface area contributed by atoms with E-state index < -0.39 is 5.54 Å². The van der Waals surface area contributed by atoms with Crippen molar-refractivity contribution in [2.45, 2.75) is 32.9 Å². The van der Waals surface area contributed by atoms with Crippen molar-refractivity contribution < 1.29 is 19.4 Å². The van der Waals surface area contributed by atoms with Gasteiger partial charge in [0.1, 0.15) is 17.9 Å². The van der Waals surface area contributed by atoms with Gasteiger partial charge in [0, 0.05) is 0 Å². The molecule has 1 atom stereocenters. The molecule has 0 saturated heterocycles. The maximum atomic E-state index is 12.0. The van der Waals surface area contributed by atoms with E-state index >= 15 is 0 Å². The van der Waals surface area contributed by atoms with E-state index in [1.807, 2.05) is 13.0 Å². The topological polar surface area (TPSA) is 67.8 Å². The third-order valence-corrected chi connectivity index (χ3v) is 2.90. The van der Waals surface area contributed by atoms with Crippen LogP contribution in [0.5, 0.6) is 5.75 Å². The lowest BCUT2D eigenvalue weighted by molar-refractivity contribution is -0.151. The lowest BCUT2D eigenvalue weighted by atomic mass is 10.0. The average molecular weight is 281 g/mol. The smallest absolute Gasteiger partial charge is 0.329 e. The second-order valence-electron chi connectivity index (χ2n) is 4.68. The van der Waals surface area contributed by atoms with Gasteiger partial charge in [0.2, 0.25) is 0 Å². The van der Waals surface area contributed by atoms with Crippen LogP contribution in [0.25, 0.3) is 0 Å². The van der Waals surface area contributed by atoms with Crippen LogP contribution in [0.4, 0.5) is 0 Å². The van der Waals surface area contributed by atoms with E-state index in [2.05, 4.69) is 5.32 Å². The molecule has 0 amide bonds. The Bertz CT molecular complexity index is 436. The van der Waals surface area contributed by atoms with Crippen molar-refractivity contribution in [2.75, 3.05) is 19.8 Å². The Morgan fingerprint density at radius 2 is 2.15 bits per heavy atom. The Morgan fingerprint density at radius 1 is 1.40 bits per heavy atom. The summed E-state index contributed by atoms with van der Waals surface area (Å²) in [6.07, 6.45) is 0. The molecule has 1 unspecified atom stereocenters. The summed E-state index contributed by atoms with van der Waals surface area (Å²) in [7, 11) is 0. The van der Waals surface area contributed by atoms with E-state index in [1.54, 1.807) is 32.0 Å². The van der Waals surface area contributed by atoms with Gasteiger partial charge in [0.05, 0.1) is 13.2 Å².